The number of carboxylic acid groups (broad SMARTS) is 1. The van der Waals surface area contributed by atoms with Crippen LogP contribution in [0.15, 0.2) is 0 Å². The Morgan fingerprint density at radius 3 is 1.67 bits per heavy atom. The number of nitrogens with one attached hydrogen (secondary N) is 3. The first-order valence-electron chi connectivity index (χ1n) is 18.6. The van der Waals surface area contributed by atoms with Gasteiger partial charge in [0.05, 0.1) is 6.04 Å². The highest BCUT2D eigenvalue weighted by molar-refractivity contribution is 5.89. The fourth-order valence-corrected chi connectivity index (χ4v) is 5.66. The number of aliphatic carboxylic acids is 1. The predicted molar refractivity (Wildman–Crippen MR) is 186 cm³/mol. The Morgan fingerprint density at radius 1 is 0.644 bits per heavy atom. The van der Waals surface area contributed by atoms with E-state index in [4.69, 9.17) is 0 Å². The Bertz CT molecular complexity index is 799. The maximum atomic E-state index is 13.3. The van der Waals surface area contributed by atoms with Crippen LogP contribution in [-0.4, -0.2) is 53.3 Å². The third-order valence-electron chi connectivity index (χ3n) is 9.61. The number of hydrogen-bond donors (Lipinski definition) is 4. The molecule has 0 bridgehead atoms. The van der Waals surface area contributed by atoms with Gasteiger partial charge in [-0.25, -0.2) is 4.79 Å². The van der Waals surface area contributed by atoms with Crippen molar-refractivity contribution in [2.45, 2.75) is 201 Å². The van der Waals surface area contributed by atoms with E-state index in [1.807, 2.05) is 6.92 Å². The number of ketones is 1. The molecule has 2 amide bonds. The number of amides is 2. The van der Waals surface area contributed by atoms with E-state index in [1.54, 1.807) is 0 Å². The lowest BCUT2D eigenvalue weighted by molar-refractivity contribution is -0.142. The third kappa shape index (κ3) is 21.5. The van der Waals surface area contributed by atoms with Crippen molar-refractivity contribution in [2.75, 3.05) is 6.54 Å². The van der Waals surface area contributed by atoms with E-state index < -0.39 is 12.0 Å². The van der Waals surface area contributed by atoms with Crippen LogP contribution in [0, 0.1) is 5.41 Å². The molecule has 0 aromatic carbocycles. The first-order valence-corrected chi connectivity index (χ1v) is 18.6. The highest BCUT2D eigenvalue weighted by Crippen LogP contribution is 2.29. The molecular formula is C37H71N3O5. The summed E-state index contributed by atoms with van der Waals surface area (Å²) < 4.78 is 0. The lowest BCUT2D eigenvalue weighted by Gasteiger charge is -2.32. The summed E-state index contributed by atoms with van der Waals surface area (Å²) in [6.45, 7) is 13.1. The molecule has 45 heavy (non-hydrogen) atoms. The van der Waals surface area contributed by atoms with Crippen LogP contribution in [0.4, 0.5) is 0 Å². The molecule has 0 saturated carbocycles. The van der Waals surface area contributed by atoms with Gasteiger partial charge in [0.15, 0.2) is 5.78 Å². The zero-order valence-electron chi connectivity index (χ0n) is 30.1. The maximum absolute atomic E-state index is 13.3. The van der Waals surface area contributed by atoms with Crippen molar-refractivity contribution in [3.63, 3.8) is 0 Å². The molecule has 3 atom stereocenters. The summed E-state index contributed by atoms with van der Waals surface area (Å²) in [6, 6.07) is -0.996. The Kier molecular flexibility index (Phi) is 26.0. The van der Waals surface area contributed by atoms with Gasteiger partial charge in [0.2, 0.25) is 11.8 Å². The van der Waals surface area contributed by atoms with E-state index in [9.17, 15) is 24.3 Å². The van der Waals surface area contributed by atoms with Gasteiger partial charge in [0.25, 0.3) is 0 Å². The largest absolute Gasteiger partial charge is 0.480 e. The normalized spacial score (nSPS) is 13.6. The van der Waals surface area contributed by atoms with Gasteiger partial charge in [-0.05, 0) is 58.3 Å². The van der Waals surface area contributed by atoms with E-state index >= 15 is 0 Å². The number of rotatable bonds is 31. The monoisotopic (exact) mass is 638 g/mol. The molecule has 0 radical (unpaired) electrons. The molecule has 0 heterocycles. The van der Waals surface area contributed by atoms with Crippen molar-refractivity contribution >= 4 is 23.6 Å². The molecule has 0 rings (SSSR count). The van der Waals surface area contributed by atoms with Crippen molar-refractivity contribution in [2.24, 2.45) is 5.41 Å². The quantitative estimate of drug-likeness (QED) is 0.0567. The van der Waals surface area contributed by atoms with Crippen molar-refractivity contribution in [3.8, 4) is 0 Å². The fourth-order valence-electron chi connectivity index (χ4n) is 5.66. The van der Waals surface area contributed by atoms with Gasteiger partial charge in [-0.3, -0.25) is 14.4 Å². The summed E-state index contributed by atoms with van der Waals surface area (Å²) >= 11 is 0. The lowest BCUT2D eigenvalue weighted by atomic mass is 9.76. The number of carbonyl (C=O) groups excluding carboxylic acids is 3. The van der Waals surface area contributed by atoms with Crippen LogP contribution in [0.25, 0.3) is 0 Å². The third-order valence-corrected chi connectivity index (χ3v) is 9.61. The molecule has 8 nitrogen and oxygen atoms in total. The first kappa shape index (κ1) is 43.0. The standard InChI is InChI=1S/C37H71N3O5/c1-7-11-12-13-14-15-16-17-18-19-20-21-22-26-34(42)40-32(36(44)45)27-28-33(41)38-29-24-23-25-31(39-30(5)8-2)35(43)37(6,9-3)10-4/h30-32,39H,7-29H2,1-6H3,(H,38,41)(H,40,42)(H,44,45). The Morgan fingerprint density at radius 2 is 1.18 bits per heavy atom. The second-order valence-electron chi connectivity index (χ2n) is 13.5. The number of unbranched alkanes of at least 4 members (excludes halogenated alkanes) is 13. The fraction of sp³-hybridized carbons (Fsp3) is 0.892. The topological polar surface area (TPSA) is 125 Å². The average molecular weight is 638 g/mol. The Hall–Kier alpha value is -1.96. The second-order valence-corrected chi connectivity index (χ2v) is 13.5. The highest BCUT2D eigenvalue weighted by Gasteiger charge is 2.34. The number of Topliss-reactive ketones (excluding diaryl/α,β-unsaturated/α-hetero) is 1. The molecule has 0 spiro atoms. The summed E-state index contributed by atoms with van der Waals surface area (Å²) in [4.78, 5) is 49.7. The van der Waals surface area contributed by atoms with Crippen molar-refractivity contribution in [3.05, 3.63) is 0 Å². The van der Waals surface area contributed by atoms with Crippen molar-refractivity contribution in [1.29, 1.82) is 0 Å². The number of carbonyl (C=O) groups is 4. The van der Waals surface area contributed by atoms with Gasteiger partial charge in [0, 0.05) is 30.8 Å². The number of hydrogen-bond acceptors (Lipinski definition) is 5. The molecule has 264 valence electrons. The smallest absolute Gasteiger partial charge is 0.326 e. The van der Waals surface area contributed by atoms with Crippen molar-refractivity contribution < 1.29 is 24.3 Å². The van der Waals surface area contributed by atoms with E-state index in [-0.39, 0.29) is 47.9 Å². The molecule has 0 aliphatic carbocycles. The van der Waals surface area contributed by atoms with E-state index in [0.717, 1.165) is 57.8 Å². The summed E-state index contributed by atoms with van der Waals surface area (Å²) in [5.41, 5.74) is -0.331. The van der Waals surface area contributed by atoms with Crippen molar-refractivity contribution in [1.82, 2.24) is 16.0 Å². The van der Waals surface area contributed by atoms with E-state index in [0.29, 0.717) is 13.0 Å². The minimum atomic E-state index is -1.11. The molecule has 4 N–H and O–H groups in total. The van der Waals surface area contributed by atoms with Gasteiger partial charge >= 0.3 is 5.97 Å². The SMILES string of the molecule is CCCCCCCCCCCCCCCC(=O)NC(CCC(=O)NCCCCC(NC(C)CC)C(=O)C(C)(CC)CC)C(=O)O. The molecule has 0 aromatic heterocycles. The molecular weight excluding hydrogens is 566 g/mol. The van der Waals surface area contributed by atoms with E-state index in [1.165, 1.54) is 64.2 Å². The molecule has 0 aromatic rings. The van der Waals surface area contributed by atoms with Gasteiger partial charge in [-0.1, -0.05) is 112 Å². The van der Waals surface area contributed by atoms with Crippen LogP contribution in [0.5, 0.6) is 0 Å². The zero-order valence-corrected chi connectivity index (χ0v) is 30.1. The average Bonchev–Trinajstić information content (AvgIpc) is 3.03. The van der Waals surface area contributed by atoms with Crippen LogP contribution in [0.2, 0.25) is 0 Å². The maximum Gasteiger partial charge on any atom is 0.326 e. The zero-order chi connectivity index (χ0) is 33.9. The van der Waals surface area contributed by atoms with Gasteiger partial charge in [0.1, 0.15) is 6.04 Å². The van der Waals surface area contributed by atoms with E-state index in [2.05, 4.69) is 50.6 Å². The van der Waals surface area contributed by atoms with Crippen LogP contribution in [-0.2, 0) is 19.2 Å². The summed E-state index contributed by atoms with van der Waals surface area (Å²) in [6.07, 6.45) is 21.2. The second kappa shape index (κ2) is 27.2. The van der Waals surface area contributed by atoms with Crippen LogP contribution in [0.1, 0.15) is 183 Å². The molecule has 3 unspecified atom stereocenters. The Labute approximate surface area is 276 Å². The predicted octanol–water partition coefficient (Wildman–Crippen LogP) is 8.26. The minimum Gasteiger partial charge on any atom is -0.480 e. The molecule has 0 fully saturated rings. The summed E-state index contributed by atoms with van der Waals surface area (Å²) in [5.74, 6) is -1.32. The lowest BCUT2D eigenvalue weighted by Crippen LogP contribution is -2.47. The van der Waals surface area contributed by atoms with Gasteiger partial charge in [-0.15, -0.1) is 0 Å². The number of carboxylic acids is 1. The minimum absolute atomic E-state index is 0.0397. The van der Waals surface area contributed by atoms with Gasteiger partial charge in [-0.2, -0.15) is 0 Å². The highest BCUT2D eigenvalue weighted by atomic mass is 16.4. The summed E-state index contributed by atoms with van der Waals surface area (Å²) in [7, 11) is 0. The van der Waals surface area contributed by atoms with Crippen LogP contribution in [0.3, 0.4) is 0 Å². The molecule has 0 aliphatic heterocycles. The van der Waals surface area contributed by atoms with Crippen LogP contribution >= 0.6 is 0 Å². The molecule has 0 saturated heterocycles. The molecule has 8 heteroatoms. The molecule has 0 aliphatic rings. The summed E-state index contributed by atoms with van der Waals surface area (Å²) in [5, 5.41) is 18.5. The first-order chi connectivity index (χ1) is 21.5. The van der Waals surface area contributed by atoms with Gasteiger partial charge < -0.3 is 21.1 Å². The van der Waals surface area contributed by atoms with Crippen LogP contribution < -0.4 is 16.0 Å². The Balaban J connectivity index is 4.20.